The number of rotatable bonds is 8. The van der Waals surface area contributed by atoms with Crippen LogP contribution in [-0.2, 0) is 0 Å². The number of nitrogens with one attached hydrogen (secondary N) is 1. The number of hydrogen-bond donors (Lipinski definition) is 3. The number of piperidine rings is 1. The molecule has 13 heteroatoms. The van der Waals surface area contributed by atoms with E-state index in [9.17, 15) is 0 Å². The molecule has 1 saturated heterocycles. The van der Waals surface area contributed by atoms with Gasteiger partial charge in [0.1, 0.15) is 45.5 Å². The van der Waals surface area contributed by atoms with E-state index in [1.54, 1.807) is 12.3 Å². The van der Waals surface area contributed by atoms with E-state index in [-0.39, 0.29) is 16.1 Å². The Morgan fingerprint density at radius 2 is 1.64 bits per heavy atom. The lowest BCUT2D eigenvalue weighted by molar-refractivity contribution is 0.114. The summed E-state index contributed by atoms with van der Waals surface area (Å²) in [7, 11) is 5.14. The maximum absolute atomic E-state index is 6.63. The zero-order chi connectivity index (χ0) is 30.0. The zero-order valence-corrected chi connectivity index (χ0v) is 26.9. The molecule has 10 nitrogen and oxygen atoms in total. The van der Waals surface area contributed by atoms with Gasteiger partial charge in [0.15, 0.2) is 0 Å². The average molecular weight is 722 g/mol. The van der Waals surface area contributed by atoms with E-state index >= 15 is 0 Å². The van der Waals surface area contributed by atoms with Crippen LogP contribution in [0.4, 0.5) is 22.9 Å². The molecule has 0 atom stereocenters. The molecule has 3 heterocycles. The van der Waals surface area contributed by atoms with Crippen LogP contribution in [0.15, 0.2) is 42.9 Å². The molecule has 0 unspecified atom stereocenters. The van der Waals surface area contributed by atoms with Gasteiger partial charge in [-0.05, 0) is 66.7 Å². The van der Waals surface area contributed by atoms with Gasteiger partial charge in [-0.1, -0.05) is 23.2 Å². The molecule has 1 aliphatic rings. The van der Waals surface area contributed by atoms with Crippen LogP contribution in [0, 0.1) is 3.57 Å². The van der Waals surface area contributed by atoms with Crippen LogP contribution in [0.2, 0.25) is 10.0 Å². The molecular formula is C29H30Cl2IN7O3. The van der Waals surface area contributed by atoms with Crippen LogP contribution in [-0.4, -0.2) is 60.3 Å². The average Bonchev–Trinajstić information content (AvgIpc) is 2.99. The first-order valence-electron chi connectivity index (χ1n) is 13.1. The highest BCUT2D eigenvalue weighted by atomic mass is 127. The Bertz CT molecular complexity index is 1590. The number of aromatic nitrogens is 3. The first kappa shape index (κ1) is 30.2. The van der Waals surface area contributed by atoms with Gasteiger partial charge in [-0.15, -0.1) is 0 Å². The van der Waals surface area contributed by atoms with Gasteiger partial charge in [-0.25, -0.2) is 15.0 Å². The Labute approximate surface area is 267 Å². The first-order valence-corrected chi connectivity index (χ1v) is 14.9. The standard InChI is InChI=1S/C29H30Cl2IN7O3/c1-39-9-6-15(7-10-39)42-28-17(32)11-18(33)26(34)23(28)20-12-19(36-14-37-20)16-5-4-8-35-29(16)38-27-24(30)21(40-2)13-22(41-3)25(27)31/h4-5,8,11-15H,6-7,9-10,33-34H2,1-3H3,(H,35,38). The Balaban J connectivity index is 1.57. The lowest BCUT2D eigenvalue weighted by Gasteiger charge is -2.30. The van der Waals surface area contributed by atoms with E-state index in [4.69, 9.17) is 48.9 Å². The molecule has 0 bridgehead atoms. The molecule has 5 N–H and O–H groups in total. The van der Waals surface area contributed by atoms with E-state index in [0.29, 0.717) is 62.6 Å². The van der Waals surface area contributed by atoms with Crippen molar-refractivity contribution in [1.29, 1.82) is 0 Å². The summed E-state index contributed by atoms with van der Waals surface area (Å²) in [4.78, 5) is 16.0. The molecule has 4 aromatic rings. The van der Waals surface area contributed by atoms with Crippen molar-refractivity contribution in [3.8, 4) is 39.8 Å². The number of pyridine rings is 1. The molecule has 0 spiro atoms. The summed E-state index contributed by atoms with van der Waals surface area (Å²) in [5.74, 6) is 1.91. The Hall–Kier alpha value is -3.26. The molecular weight excluding hydrogens is 692 g/mol. The number of nitrogens with two attached hydrogens (primary N) is 2. The Morgan fingerprint density at radius 1 is 0.976 bits per heavy atom. The minimum absolute atomic E-state index is 0.0567. The van der Waals surface area contributed by atoms with Gasteiger partial charge < -0.3 is 35.9 Å². The normalized spacial score (nSPS) is 14.0. The number of anilines is 4. The number of hydrogen-bond acceptors (Lipinski definition) is 10. The van der Waals surface area contributed by atoms with Gasteiger partial charge in [-0.3, -0.25) is 0 Å². The van der Waals surface area contributed by atoms with E-state index in [1.165, 1.54) is 20.5 Å². The lowest BCUT2D eigenvalue weighted by atomic mass is 10.0. The van der Waals surface area contributed by atoms with Gasteiger partial charge in [0.25, 0.3) is 0 Å². The summed E-state index contributed by atoms with van der Waals surface area (Å²) in [6.07, 6.45) is 5.01. The predicted molar refractivity (Wildman–Crippen MR) is 176 cm³/mol. The molecule has 42 heavy (non-hydrogen) atoms. The topological polar surface area (TPSA) is 134 Å². The molecule has 220 valence electrons. The fraction of sp³-hybridized carbons (Fsp3) is 0.276. The van der Waals surface area contributed by atoms with Crippen molar-refractivity contribution in [2.75, 3.05) is 51.1 Å². The summed E-state index contributed by atoms with van der Waals surface area (Å²) in [6, 6.07) is 8.97. The van der Waals surface area contributed by atoms with E-state index in [0.717, 1.165) is 29.5 Å². The number of halogens is 3. The summed E-state index contributed by atoms with van der Waals surface area (Å²) < 4.78 is 18.2. The van der Waals surface area contributed by atoms with Crippen LogP contribution >= 0.6 is 45.8 Å². The van der Waals surface area contributed by atoms with Crippen molar-refractivity contribution in [3.63, 3.8) is 0 Å². The quantitative estimate of drug-likeness (QED) is 0.137. The molecule has 0 amide bonds. The molecule has 2 aromatic heterocycles. The molecule has 0 aliphatic carbocycles. The number of likely N-dealkylation sites (tertiary alicyclic amines) is 1. The molecule has 1 fully saturated rings. The number of benzene rings is 2. The molecule has 5 rings (SSSR count). The third-order valence-corrected chi connectivity index (χ3v) is 8.63. The van der Waals surface area contributed by atoms with E-state index < -0.39 is 0 Å². The van der Waals surface area contributed by atoms with Crippen molar-refractivity contribution < 1.29 is 14.2 Å². The van der Waals surface area contributed by atoms with Crippen LogP contribution in [0.5, 0.6) is 17.2 Å². The molecule has 0 saturated carbocycles. The summed E-state index contributed by atoms with van der Waals surface area (Å²) in [5, 5.41) is 3.80. The van der Waals surface area contributed by atoms with Crippen molar-refractivity contribution in [3.05, 3.63) is 56.5 Å². The van der Waals surface area contributed by atoms with Crippen molar-refractivity contribution in [1.82, 2.24) is 19.9 Å². The van der Waals surface area contributed by atoms with E-state index in [1.807, 2.05) is 24.3 Å². The monoisotopic (exact) mass is 721 g/mol. The van der Waals surface area contributed by atoms with Crippen molar-refractivity contribution in [2.24, 2.45) is 0 Å². The fourth-order valence-corrected chi connectivity index (χ4v) is 6.10. The third kappa shape index (κ3) is 6.10. The second-order valence-corrected chi connectivity index (χ2v) is 11.7. The number of methoxy groups -OCH3 is 2. The number of ether oxygens (including phenoxy) is 3. The minimum atomic E-state index is 0.0567. The van der Waals surface area contributed by atoms with Crippen molar-refractivity contribution in [2.45, 2.75) is 18.9 Å². The maximum Gasteiger partial charge on any atom is 0.144 e. The van der Waals surface area contributed by atoms with Gasteiger partial charge >= 0.3 is 0 Å². The summed E-state index contributed by atoms with van der Waals surface area (Å²) >= 11 is 15.5. The van der Waals surface area contributed by atoms with Gasteiger partial charge in [-0.2, -0.15) is 0 Å². The van der Waals surface area contributed by atoms with Gasteiger partial charge in [0.05, 0.1) is 51.8 Å². The van der Waals surface area contributed by atoms with E-state index in [2.05, 4.69) is 54.8 Å². The smallest absolute Gasteiger partial charge is 0.144 e. The molecule has 0 radical (unpaired) electrons. The second kappa shape index (κ2) is 12.9. The van der Waals surface area contributed by atoms with Crippen molar-refractivity contribution >= 4 is 68.7 Å². The highest BCUT2D eigenvalue weighted by Gasteiger charge is 2.25. The fourth-order valence-electron chi connectivity index (χ4n) is 4.77. The van der Waals surface area contributed by atoms with Crippen LogP contribution in [0.1, 0.15) is 12.8 Å². The largest absolute Gasteiger partial charge is 0.495 e. The Kier molecular flexibility index (Phi) is 9.31. The number of nitrogen functional groups attached to an aromatic ring is 2. The molecule has 1 aliphatic heterocycles. The molecule has 2 aromatic carbocycles. The summed E-state index contributed by atoms with van der Waals surface area (Å²) in [6.45, 7) is 1.92. The zero-order valence-electron chi connectivity index (χ0n) is 23.2. The first-order chi connectivity index (χ1) is 20.2. The van der Waals surface area contributed by atoms with Crippen LogP contribution in [0.3, 0.4) is 0 Å². The maximum atomic E-state index is 6.63. The third-order valence-electron chi connectivity index (χ3n) is 7.08. The lowest BCUT2D eigenvalue weighted by Crippen LogP contribution is -2.35. The second-order valence-electron chi connectivity index (χ2n) is 9.78. The van der Waals surface area contributed by atoms with Gasteiger partial charge in [0, 0.05) is 30.9 Å². The highest BCUT2D eigenvalue weighted by molar-refractivity contribution is 14.1. The van der Waals surface area contributed by atoms with Crippen LogP contribution in [0.25, 0.3) is 22.5 Å². The van der Waals surface area contributed by atoms with Crippen LogP contribution < -0.4 is 31.0 Å². The highest BCUT2D eigenvalue weighted by Crippen LogP contribution is 2.46. The predicted octanol–water partition coefficient (Wildman–Crippen LogP) is 6.52. The number of nitrogens with zero attached hydrogens (tertiary/aromatic N) is 4. The summed E-state index contributed by atoms with van der Waals surface area (Å²) in [5.41, 5.74) is 16.6. The van der Waals surface area contributed by atoms with Gasteiger partial charge in [0.2, 0.25) is 0 Å². The Morgan fingerprint density at radius 3 is 2.31 bits per heavy atom. The SMILES string of the molecule is COc1cc(OC)c(Cl)c(Nc2ncccc2-c2cc(-c3c(N)c(N)cc(I)c3OC3CCN(C)CC3)ncn2)c1Cl. The minimum Gasteiger partial charge on any atom is -0.495 e.